The van der Waals surface area contributed by atoms with Gasteiger partial charge in [-0.15, -0.1) is 0 Å². The monoisotopic (exact) mass is 492 g/mol. The zero-order chi connectivity index (χ0) is 16.9. The average molecular weight is 493 g/mol. The molecule has 0 radical (unpaired) electrons. The fourth-order valence-electron chi connectivity index (χ4n) is 4.29. The van der Waals surface area contributed by atoms with Crippen LogP contribution < -0.4 is 206 Å². The molecule has 6 heteroatoms. The fourth-order valence-corrected chi connectivity index (χ4v) is 4.29. The molecule has 2 saturated carbocycles. The summed E-state index contributed by atoms with van der Waals surface area (Å²) < 4.78 is 11.6. The summed E-state index contributed by atoms with van der Waals surface area (Å²) in [4.78, 5) is 0. The molecule has 0 aliphatic heterocycles. The van der Waals surface area contributed by atoms with Crippen LogP contribution in [0.3, 0.4) is 0 Å². The smallest absolute Gasteiger partial charge is 0.381 e. The summed E-state index contributed by atoms with van der Waals surface area (Å²) in [5, 5.41) is 0. The Bertz CT molecular complexity index is 443. The van der Waals surface area contributed by atoms with Crippen LogP contribution in [0.15, 0.2) is 24.3 Å². The molecule has 0 heterocycles. The predicted octanol–water partition coefficient (Wildman–Crippen LogP) is -7.73. The van der Waals surface area contributed by atoms with E-state index in [9.17, 15) is 0 Å². The van der Waals surface area contributed by atoms with Crippen LogP contribution in [-0.2, 0) is 9.47 Å². The van der Waals surface area contributed by atoms with Crippen molar-refractivity contribution in [3.05, 3.63) is 75.7 Å². The van der Waals surface area contributed by atoms with Crippen molar-refractivity contribution in [3.63, 3.8) is 0 Å². The van der Waals surface area contributed by atoms with Gasteiger partial charge in [-0.1, -0.05) is 0 Å². The maximum absolute atomic E-state index is 5.79. The largest absolute Gasteiger partial charge is 1.00 e. The minimum atomic E-state index is 0. The number of rotatable bonds is 6. The molecule has 2 fully saturated rings. The van der Waals surface area contributed by atoms with E-state index in [0.717, 1.165) is 26.1 Å². The van der Waals surface area contributed by atoms with Crippen LogP contribution in [0.5, 0.6) is 0 Å². The summed E-state index contributed by atoms with van der Waals surface area (Å²) in [6.07, 6.45) is 29.7. The molecule has 0 aromatic heterocycles. The number of fused-ring (bicyclic) bond motifs is 2. The van der Waals surface area contributed by atoms with Crippen LogP contribution in [-0.4, -0.2) is 20.0 Å². The third-order valence-electron chi connectivity index (χ3n) is 5.69. The second-order valence-corrected chi connectivity index (χ2v) is 7.56. The zero-order valence-corrected chi connectivity index (χ0v) is 31.2. The first kappa shape index (κ1) is 34.4. The fraction of sp³-hybridized carbons (Fsp3) is 0.478. The van der Waals surface area contributed by atoms with Gasteiger partial charge in [0.2, 0.25) is 0 Å². The Morgan fingerprint density at radius 2 is 0.966 bits per heavy atom. The van der Waals surface area contributed by atoms with Gasteiger partial charge in [0.1, 0.15) is 6.79 Å². The van der Waals surface area contributed by atoms with Crippen molar-refractivity contribution < 1.29 is 215 Å². The quantitative estimate of drug-likeness (QED) is 0.159. The minimum Gasteiger partial charge on any atom is -0.381 e. The van der Waals surface area contributed by atoms with E-state index in [1.54, 1.807) is 0 Å². The molecule has 0 aromatic carbocycles. The molecule has 0 aromatic rings. The average Bonchev–Trinajstić information content (AvgIpc) is 2.67. The number of allylic oxidation sites excluding steroid dienone is 4. The molecular formula is C23H28K4O2-4. The number of hydrogen-bond acceptors (Lipinski definition) is 2. The Kier molecular flexibility index (Phi) is 23.2. The third-order valence-corrected chi connectivity index (χ3v) is 5.69. The van der Waals surface area contributed by atoms with Gasteiger partial charge in [0, 0.05) is 13.2 Å². The molecule has 2 nitrogen and oxygen atoms in total. The van der Waals surface area contributed by atoms with Gasteiger partial charge < -0.3 is 85.1 Å². The molecule has 6 atom stereocenters. The first-order valence-electron chi connectivity index (χ1n) is 9.60. The van der Waals surface area contributed by atoms with Crippen LogP contribution in [0, 0.1) is 86.9 Å². The SMILES string of the molecule is C1=C[CH-]C2[CH-]C(COCOCC3[CH-]C4[CH-]C=C[CH-]C4[CH-]C3)C[CH-]C2[CH-]1.[K+].[K+].[K+].[K+]. The molecule has 6 unspecified atom stereocenters. The van der Waals surface area contributed by atoms with Gasteiger partial charge in [-0.25, -0.2) is 12.8 Å². The van der Waals surface area contributed by atoms with Gasteiger partial charge >= 0.3 is 206 Å². The van der Waals surface area contributed by atoms with E-state index in [1.165, 1.54) is 0 Å². The van der Waals surface area contributed by atoms with Gasteiger partial charge in [-0.05, 0) is 0 Å². The standard InChI is InChI=1S/C23H28O2.4K/c1-3-7-22-13-18(9-11-20(22)5-1)15-24-17-25-16-19-10-12-21-6-2-4-8-23(21)14-19;;;;/h1-8,11-14,18-23H,9-10,15-17H2;;;;/q-8;4*+1. The molecular weight excluding hydrogens is 465 g/mol. The summed E-state index contributed by atoms with van der Waals surface area (Å²) in [6.45, 7) is 1.92. The molecule has 0 amide bonds. The summed E-state index contributed by atoms with van der Waals surface area (Å²) in [7, 11) is 0. The summed E-state index contributed by atoms with van der Waals surface area (Å²) in [5.41, 5.74) is 0. The molecule has 0 N–H and O–H groups in total. The van der Waals surface area contributed by atoms with Crippen LogP contribution >= 0.6 is 0 Å². The van der Waals surface area contributed by atoms with Crippen LogP contribution in [0.25, 0.3) is 0 Å². The van der Waals surface area contributed by atoms with Gasteiger partial charge in [-0.2, -0.15) is 11.8 Å². The van der Waals surface area contributed by atoms with E-state index in [0.29, 0.717) is 42.3 Å². The van der Waals surface area contributed by atoms with Crippen LogP contribution in [0.4, 0.5) is 0 Å². The third kappa shape index (κ3) is 11.6. The Morgan fingerprint density at radius 1 is 0.586 bits per heavy atom. The van der Waals surface area contributed by atoms with Gasteiger partial charge in [0.25, 0.3) is 0 Å². The van der Waals surface area contributed by atoms with E-state index in [-0.39, 0.29) is 206 Å². The first-order chi connectivity index (χ1) is 12.4. The van der Waals surface area contributed by atoms with Crippen LogP contribution in [0.2, 0.25) is 0 Å². The zero-order valence-electron chi connectivity index (χ0n) is 18.7. The molecule has 0 spiro atoms. The molecule has 29 heavy (non-hydrogen) atoms. The van der Waals surface area contributed by atoms with Gasteiger partial charge in [0.15, 0.2) is 0 Å². The first-order valence-corrected chi connectivity index (χ1v) is 9.60. The second-order valence-electron chi connectivity index (χ2n) is 7.56. The topological polar surface area (TPSA) is 18.5 Å². The minimum absolute atomic E-state index is 0. The van der Waals surface area contributed by atoms with E-state index in [2.05, 4.69) is 75.7 Å². The normalized spacial score (nSPS) is 33.8. The molecule has 140 valence electrons. The van der Waals surface area contributed by atoms with Gasteiger partial charge in [0.05, 0.1) is 0 Å². The van der Waals surface area contributed by atoms with Crippen molar-refractivity contribution in [2.45, 2.75) is 12.8 Å². The molecule has 0 saturated heterocycles. The maximum atomic E-state index is 5.79. The van der Waals surface area contributed by atoms with Crippen molar-refractivity contribution >= 4 is 0 Å². The van der Waals surface area contributed by atoms with Gasteiger partial charge in [-0.3, -0.25) is 23.7 Å². The van der Waals surface area contributed by atoms with Crippen molar-refractivity contribution in [1.82, 2.24) is 0 Å². The van der Waals surface area contributed by atoms with E-state index < -0.39 is 0 Å². The van der Waals surface area contributed by atoms with E-state index in [1.807, 2.05) is 0 Å². The van der Waals surface area contributed by atoms with Crippen molar-refractivity contribution in [2.24, 2.45) is 35.5 Å². The predicted molar refractivity (Wildman–Crippen MR) is 99.6 cm³/mol. The summed E-state index contributed by atoms with van der Waals surface area (Å²) in [5.74, 6) is 3.29. The Balaban J connectivity index is 0.00000196. The molecule has 0 bridgehead atoms. The molecule has 4 aliphatic carbocycles. The number of ether oxygens (including phenoxy) is 2. The second kappa shape index (κ2) is 19.5. The Morgan fingerprint density at radius 3 is 1.38 bits per heavy atom. The molecule has 4 rings (SSSR count). The Labute approximate surface area is 349 Å². The van der Waals surface area contributed by atoms with Crippen molar-refractivity contribution in [2.75, 3.05) is 20.0 Å². The van der Waals surface area contributed by atoms with Crippen molar-refractivity contribution in [3.8, 4) is 0 Å². The summed E-state index contributed by atoms with van der Waals surface area (Å²) >= 11 is 0. The maximum Gasteiger partial charge on any atom is 1.00 e. The summed E-state index contributed by atoms with van der Waals surface area (Å²) in [6, 6.07) is 0. The van der Waals surface area contributed by atoms with E-state index >= 15 is 0 Å². The molecule has 4 aliphatic rings. The van der Waals surface area contributed by atoms with Crippen molar-refractivity contribution in [1.29, 1.82) is 0 Å². The Hall–Kier alpha value is 5.43. The number of hydrogen-bond donors (Lipinski definition) is 0. The van der Waals surface area contributed by atoms with Crippen LogP contribution in [0.1, 0.15) is 12.8 Å². The van der Waals surface area contributed by atoms with E-state index in [4.69, 9.17) is 9.47 Å².